The first-order valence-electron chi connectivity index (χ1n) is 7.39. The molecule has 2 heterocycles. The number of hydrogen-bond donors (Lipinski definition) is 1. The summed E-state index contributed by atoms with van der Waals surface area (Å²) in [5.74, 6) is 1.87. The van der Waals surface area contributed by atoms with Gasteiger partial charge in [-0.15, -0.1) is 0 Å². The fourth-order valence-corrected chi connectivity index (χ4v) is 3.07. The highest BCUT2D eigenvalue weighted by atomic mass is 32.2. The van der Waals surface area contributed by atoms with E-state index in [0.29, 0.717) is 0 Å². The van der Waals surface area contributed by atoms with Crippen LogP contribution in [0.5, 0.6) is 0 Å². The van der Waals surface area contributed by atoms with Crippen molar-refractivity contribution in [2.45, 2.75) is 18.5 Å². The molecule has 112 valence electrons. The minimum absolute atomic E-state index is 0.823. The van der Waals surface area contributed by atoms with Gasteiger partial charge in [0.25, 0.3) is 0 Å². The second kappa shape index (κ2) is 7.22. The van der Waals surface area contributed by atoms with E-state index < -0.39 is 0 Å². The average Bonchev–Trinajstić information content (AvgIpc) is 2.56. The van der Waals surface area contributed by atoms with Crippen LogP contribution in [-0.4, -0.2) is 27.2 Å². The number of aromatic nitrogens is 3. The van der Waals surface area contributed by atoms with Crippen LogP contribution in [-0.2, 0) is 6.42 Å². The highest BCUT2D eigenvalue weighted by Gasteiger charge is 2.07. The molecule has 0 unspecified atom stereocenters. The van der Waals surface area contributed by atoms with Crippen LogP contribution in [0.4, 0.5) is 5.82 Å². The summed E-state index contributed by atoms with van der Waals surface area (Å²) in [6.07, 6.45) is 4.64. The summed E-state index contributed by atoms with van der Waals surface area (Å²) in [5.41, 5.74) is 2.27. The standard InChI is InChI=1S/C17H18N4S/c1-2-19-16-14-5-3-4-6-15(14)20-17(21-16)22-12-9-13-7-10-18-11-8-13/h3-8,10-11H,2,9,12H2,1H3,(H,19,20,21). The van der Waals surface area contributed by atoms with Gasteiger partial charge < -0.3 is 5.32 Å². The zero-order valence-electron chi connectivity index (χ0n) is 12.5. The van der Waals surface area contributed by atoms with Crippen molar-refractivity contribution in [3.63, 3.8) is 0 Å². The molecular weight excluding hydrogens is 292 g/mol. The van der Waals surface area contributed by atoms with Gasteiger partial charge >= 0.3 is 0 Å². The minimum atomic E-state index is 0.823. The number of benzene rings is 1. The van der Waals surface area contributed by atoms with Gasteiger partial charge in [-0.2, -0.15) is 0 Å². The third-order valence-electron chi connectivity index (χ3n) is 3.30. The summed E-state index contributed by atoms with van der Waals surface area (Å²) in [5, 5.41) is 5.22. The first kappa shape index (κ1) is 14.8. The third-order valence-corrected chi connectivity index (χ3v) is 4.15. The molecule has 0 saturated heterocycles. The molecule has 0 aliphatic rings. The monoisotopic (exact) mass is 310 g/mol. The molecule has 0 fully saturated rings. The summed E-state index contributed by atoms with van der Waals surface area (Å²) in [6.45, 7) is 2.93. The van der Waals surface area contributed by atoms with E-state index >= 15 is 0 Å². The predicted octanol–water partition coefficient (Wildman–Crippen LogP) is 3.79. The van der Waals surface area contributed by atoms with Crippen LogP contribution in [0.1, 0.15) is 12.5 Å². The molecule has 0 atom stereocenters. The van der Waals surface area contributed by atoms with Crippen molar-refractivity contribution in [2.75, 3.05) is 17.6 Å². The molecule has 1 aromatic carbocycles. The van der Waals surface area contributed by atoms with E-state index in [-0.39, 0.29) is 0 Å². The summed E-state index contributed by atoms with van der Waals surface area (Å²) >= 11 is 1.69. The van der Waals surface area contributed by atoms with Crippen molar-refractivity contribution >= 4 is 28.5 Å². The third kappa shape index (κ3) is 3.54. The van der Waals surface area contributed by atoms with Crippen molar-refractivity contribution in [3.05, 3.63) is 54.4 Å². The normalized spacial score (nSPS) is 10.8. The molecule has 0 radical (unpaired) electrons. The Morgan fingerprint density at radius 2 is 1.86 bits per heavy atom. The van der Waals surface area contributed by atoms with Crippen molar-refractivity contribution < 1.29 is 0 Å². The van der Waals surface area contributed by atoms with E-state index in [0.717, 1.165) is 40.6 Å². The van der Waals surface area contributed by atoms with E-state index in [1.165, 1.54) is 5.56 Å². The first-order chi connectivity index (χ1) is 10.9. The lowest BCUT2D eigenvalue weighted by Crippen LogP contribution is -2.02. The highest BCUT2D eigenvalue weighted by molar-refractivity contribution is 7.99. The number of aryl methyl sites for hydroxylation is 1. The van der Waals surface area contributed by atoms with Crippen molar-refractivity contribution in [2.24, 2.45) is 0 Å². The molecule has 4 nitrogen and oxygen atoms in total. The summed E-state index contributed by atoms with van der Waals surface area (Å²) < 4.78 is 0. The van der Waals surface area contributed by atoms with Crippen molar-refractivity contribution in [1.82, 2.24) is 15.0 Å². The fourth-order valence-electron chi connectivity index (χ4n) is 2.23. The zero-order chi connectivity index (χ0) is 15.2. The molecule has 1 N–H and O–H groups in total. The summed E-state index contributed by atoms with van der Waals surface area (Å²) in [7, 11) is 0. The molecule has 3 aromatic rings. The lowest BCUT2D eigenvalue weighted by Gasteiger charge is -2.09. The van der Waals surface area contributed by atoms with Crippen molar-refractivity contribution in [3.8, 4) is 0 Å². The Balaban J connectivity index is 1.76. The van der Waals surface area contributed by atoms with E-state index in [9.17, 15) is 0 Å². The van der Waals surface area contributed by atoms with Gasteiger partial charge in [0.1, 0.15) is 5.82 Å². The molecule has 2 aromatic heterocycles. The summed E-state index contributed by atoms with van der Waals surface area (Å²) in [4.78, 5) is 13.3. The maximum atomic E-state index is 4.65. The van der Waals surface area contributed by atoms with Crippen molar-refractivity contribution in [1.29, 1.82) is 0 Å². The molecule has 0 aliphatic heterocycles. The SMILES string of the molecule is CCNc1nc(SCCc2ccncc2)nc2ccccc12. The van der Waals surface area contributed by atoms with Gasteiger partial charge in [0, 0.05) is 30.1 Å². The molecule has 0 aliphatic carbocycles. The Labute approximate surface area is 134 Å². The van der Waals surface area contributed by atoms with Gasteiger partial charge in [0.2, 0.25) is 0 Å². The van der Waals surface area contributed by atoms with Gasteiger partial charge in [-0.3, -0.25) is 4.98 Å². The Bertz CT molecular complexity index is 746. The van der Waals surface area contributed by atoms with Crippen LogP contribution in [0.25, 0.3) is 10.9 Å². The van der Waals surface area contributed by atoms with Crippen LogP contribution in [0, 0.1) is 0 Å². The minimum Gasteiger partial charge on any atom is -0.370 e. The first-order valence-corrected chi connectivity index (χ1v) is 8.37. The van der Waals surface area contributed by atoms with E-state index in [2.05, 4.69) is 33.3 Å². The largest absolute Gasteiger partial charge is 0.370 e. The molecule has 0 bridgehead atoms. The second-order valence-corrected chi connectivity index (χ2v) is 5.92. The van der Waals surface area contributed by atoms with E-state index in [1.807, 2.05) is 42.7 Å². The van der Waals surface area contributed by atoms with Crippen LogP contribution < -0.4 is 5.32 Å². The molecular formula is C17H18N4S. The number of thioether (sulfide) groups is 1. The van der Waals surface area contributed by atoms with Gasteiger partial charge in [0.15, 0.2) is 5.16 Å². The Morgan fingerprint density at radius 3 is 2.68 bits per heavy atom. The molecule has 5 heteroatoms. The van der Waals surface area contributed by atoms with Crippen LogP contribution in [0.3, 0.4) is 0 Å². The quantitative estimate of drug-likeness (QED) is 0.554. The number of nitrogens with zero attached hydrogens (tertiary/aromatic N) is 3. The van der Waals surface area contributed by atoms with E-state index in [4.69, 9.17) is 0 Å². The van der Waals surface area contributed by atoms with E-state index in [1.54, 1.807) is 11.8 Å². The number of pyridine rings is 1. The van der Waals surface area contributed by atoms with Crippen LogP contribution in [0.2, 0.25) is 0 Å². The molecule has 22 heavy (non-hydrogen) atoms. The Kier molecular flexibility index (Phi) is 4.85. The van der Waals surface area contributed by atoms with Crippen LogP contribution >= 0.6 is 11.8 Å². The highest BCUT2D eigenvalue weighted by Crippen LogP contribution is 2.24. The lowest BCUT2D eigenvalue weighted by molar-refractivity contribution is 0.988. The number of rotatable bonds is 6. The topological polar surface area (TPSA) is 50.7 Å². The molecule has 3 rings (SSSR count). The predicted molar refractivity (Wildman–Crippen MR) is 92.4 cm³/mol. The molecule has 0 saturated carbocycles. The number of nitrogens with one attached hydrogen (secondary N) is 1. The zero-order valence-corrected chi connectivity index (χ0v) is 13.3. The lowest BCUT2D eigenvalue weighted by atomic mass is 10.2. The fraction of sp³-hybridized carbons (Fsp3) is 0.235. The maximum absolute atomic E-state index is 4.65. The molecule has 0 amide bonds. The van der Waals surface area contributed by atoms with Crippen LogP contribution in [0.15, 0.2) is 53.9 Å². The number of hydrogen-bond acceptors (Lipinski definition) is 5. The average molecular weight is 310 g/mol. The smallest absolute Gasteiger partial charge is 0.190 e. The van der Waals surface area contributed by atoms with Gasteiger partial charge in [-0.25, -0.2) is 9.97 Å². The Hall–Kier alpha value is -2.14. The number of fused-ring (bicyclic) bond motifs is 1. The van der Waals surface area contributed by atoms with Gasteiger partial charge in [0.05, 0.1) is 5.52 Å². The Morgan fingerprint density at radius 1 is 1.05 bits per heavy atom. The second-order valence-electron chi connectivity index (χ2n) is 4.86. The summed E-state index contributed by atoms with van der Waals surface area (Å²) in [6, 6.07) is 12.2. The maximum Gasteiger partial charge on any atom is 0.190 e. The molecule has 0 spiro atoms. The number of para-hydroxylation sites is 1. The van der Waals surface area contributed by atoms with Gasteiger partial charge in [-0.05, 0) is 43.2 Å². The number of anilines is 1. The van der Waals surface area contributed by atoms with Gasteiger partial charge in [-0.1, -0.05) is 23.9 Å².